The Labute approximate surface area is 132 Å². The highest BCUT2D eigenvalue weighted by Crippen LogP contribution is 2.26. The zero-order valence-electron chi connectivity index (χ0n) is 11.1. The zero-order valence-corrected chi connectivity index (χ0v) is 12.6. The molecule has 0 aliphatic heterocycles. The number of carbonyl (C=O) groups excluding carboxylic acids is 1. The maximum absolute atomic E-state index is 11.9. The summed E-state index contributed by atoms with van der Waals surface area (Å²) in [5.74, 6) is 0.614. The fraction of sp³-hybridized carbons (Fsp3) is 0.0714. The van der Waals surface area contributed by atoms with Crippen molar-refractivity contribution in [3.05, 3.63) is 46.4 Å². The summed E-state index contributed by atoms with van der Waals surface area (Å²) in [7, 11) is 1.54. The Hall–Kier alpha value is -2.11. The van der Waals surface area contributed by atoms with Gasteiger partial charge in [-0.05, 0) is 30.3 Å². The number of hydrogen-bond donors (Lipinski definition) is 3. The SMILES string of the molecule is COc1ccc(NC(=O)Nc2ccc(Cl)c(Cl)c2)c(N)c1. The molecule has 0 aromatic heterocycles. The molecule has 2 rings (SSSR count). The molecule has 0 aliphatic carbocycles. The summed E-state index contributed by atoms with van der Waals surface area (Å²) in [6, 6.07) is 9.33. The molecule has 0 saturated heterocycles. The fourth-order valence-electron chi connectivity index (χ4n) is 1.64. The molecule has 2 aromatic rings. The number of urea groups is 1. The van der Waals surface area contributed by atoms with E-state index in [1.165, 1.54) is 0 Å². The summed E-state index contributed by atoms with van der Waals surface area (Å²) in [5.41, 5.74) is 7.23. The number of ether oxygens (including phenoxy) is 1. The largest absolute Gasteiger partial charge is 0.497 e. The molecule has 0 fully saturated rings. The van der Waals surface area contributed by atoms with Gasteiger partial charge in [-0.1, -0.05) is 23.2 Å². The van der Waals surface area contributed by atoms with Crippen LogP contribution in [0.25, 0.3) is 0 Å². The monoisotopic (exact) mass is 325 g/mol. The maximum atomic E-state index is 11.9. The van der Waals surface area contributed by atoms with Crippen LogP contribution in [0.4, 0.5) is 21.9 Å². The molecular weight excluding hydrogens is 313 g/mol. The van der Waals surface area contributed by atoms with E-state index >= 15 is 0 Å². The van der Waals surface area contributed by atoms with Crippen LogP contribution in [-0.2, 0) is 0 Å². The van der Waals surface area contributed by atoms with Crippen molar-refractivity contribution in [3.8, 4) is 5.75 Å². The standard InChI is InChI=1S/C14H13Cl2N3O2/c1-21-9-3-5-13(12(17)7-9)19-14(20)18-8-2-4-10(15)11(16)6-8/h2-7H,17H2,1H3,(H2,18,19,20). The van der Waals surface area contributed by atoms with E-state index in [0.29, 0.717) is 32.9 Å². The summed E-state index contributed by atoms with van der Waals surface area (Å²) in [5, 5.41) is 6.05. The van der Waals surface area contributed by atoms with Crippen molar-refractivity contribution in [3.63, 3.8) is 0 Å². The Bertz CT molecular complexity index is 677. The first-order chi connectivity index (χ1) is 9.99. The van der Waals surface area contributed by atoms with Crippen molar-refractivity contribution in [2.24, 2.45) is 0 Å². The van der Waals surface area contributed by atoms with Gasteiger partial charge in [-0.25, -0.2) is 4.79 Å². The van der Waals surface area contributed by atoms with Gasteiger partial charge < -0.3 is 21.1 Å². The van der Waals surface area contributed by atoms with Gasteiger partial charge in [0.05, 0.1) is 28.5 Å². The quantitative estimate of drug-likeness (QED) is 0.739. The zero-order chi connectivity index (χ0) is 15.4. The second kappa shape index (κ2) is 6.56. The van der Waals surface area contributed by atoms with Crippen molar-refractivity contribution in [1.29, 1.82) is 0 Å². The van der Waals surface area contributed by atoms with Crippen LogP contribution >= 0.6 is 23.2 Å². The van der Waals surface area contributed by atoms with Crippen molar-refractivity contribution in [2.75, 3.05) is 23.5 Å². The minimum absolute atomic E-state index is 0.360. The number of halogens is 2. The predicted molar refractivity (Wildman–Crippen MR) is 86.5 cm³/mol. The Balaban J connectivity index is 2.06. The van der Waals surface area contributed by atoms with Crippen molar-refractivity contribution >= 4 is 46.3 Å². The molecule has 0 spiro atoms. The lowest BCUT2D eigenvalue weighted by atomic mass is 10.2. The van der Waals surface area contributed by atoms with Crippen LogP contribution in [0.1, 0.15) is 0 Å². The van der Waals surface area contributed by atoms with E-state index < -0.39 is 6.03 Å². The minimum atomic E-state index is -0.440. The smallest absolute Gasteiger partial charge is 0.323 e. The van der Waals surface area contributed by atoms with Gasteiger partial charge in [-0.3, -0.25) is 0 Å². The first-order valence-corrected chi connectivity index (χ1v) is 6.72. The summed E-state index contributed by atoms with van der Waals surface area (Å²) in [6.07, 6.45) is 0. The lowest BCUT2D eigenvalue weighted by Crippen LogP contribution is -2.20. The molecule has 2 amide bonds. The average molecular weight is 326 g/mol. The molecule has 2 aromatic carbocycles. The fourth-order valence-corrected chi connectivity index (χ4v) is 1.94. The molecule has 4 N–H and O–H groups in total. The molecule has 5 nitrogen and oxygen atoms in total. The average Bonchev–Trinajstić information content (AvgIpc) is 2.45. The lowest BCUT2D eigenvalue weighted by molar-refractivity contribution is 0.262. The molecule has 0 unspecified atom stereocenters. The Morgan fingerprint density at radius 1 is 1.10 bits per heavy atom. The van der Waals surface area contributed by atoms with E-state index in [0.717, 1.165) is 0 Å². The normalized spacial score (nSPS) is 10.0. The highest BCUT2D eigenvalue weighted by molar-refractivity contribution is 6.42. The molecule has 0 radical (unpaired) electrons. The van der Waals surface area contributed by atoms with Gasteiger partial charge in [0, 0.05) is 11.8 Å². The van der Waals surface area contributed by atoms with Crippen LogP contribution in [0.15, 0.2) is 36.4 Å². The highest BCUT2D eigenvalue weighted by atomic mass is 35.5. The number of nitrogens with two attached hydrogens (primary N) is 1. The first-order valence-electron chi connectivity index (χ1n) is 5.96. The number of benzene rings is 2. The van der Waals surface area contributed by atoms with E-state index in [1.807, 2.05) is 0 Å². The van der Waals surface area contributed by atoms with Crippen LogP contribution in [0.3, 0.4) is 0 Å². The molecule has 110 valence electrons. The number of methoxy groups -OCH3 is 1. The van der Waals surface area contributed by atoms with Crippen LogP contribution < -0.4 is 21.1 Å². The third kappa shape index (κ3) is 3.93. The molecule has 0 aliphatic rings. The number of carbonyl (C=O) groups is 1. The summed E-state index contributed by atoms with van der Waals surface area (Å²) in [6.45, 7) is 0. The highest BCUT2D eigenvalue weighted by Gasteiger charge is 2.07. The Kier molecular flexibility index (Phi) is 4.77. The molecular formula is C14H13Cl2N3O2. The number of rotatable bonds is 3. The van der Waals surface area contributed by atoms with Gasteiger partial charge in [0.2, 0.25) is 0 Å². The van der Waals surface area contributed by atoms with Crippen LogP contribution in [0, 0.1) is 0 Å². The number of hydrogen-bond acceptors (Lipinski definition) is 3. The van der Waals surface area contributed by atoms with Crippen molar-refractivity contribution < 1.29 is 9.53 Å². The summed E-state index contributed by atoms with van der Waals surface area (Å²) < 4.78 is 5.04. The topological polar surface area (TPSA) is 76.4 Å². The van der Waals surface area contributed by atoms with Crippen LogP contribution in [-0.4, -0.2) is 13.1 Å². The molecule has 0 bridgehead atoms. The van der Waals surface area contributed by atoms with Crippen molar-refractivity contribution in [2.45, 2.75) is 0 Å². The Morgan fingerprint density at radius 3 is 2.48 bits per heavy atom. The number of nitrogen functional groups attached to an aromatic ring is 1. The van der Waals surface area contributed by atoms with Gasteiger partial charge in [0.1, 0.15) is 5.75 Å². The molecule has 21 heavy (non-hydrogen) atoms. The number of amides is 2. The third-order valence-corrected chi connectivity index (χ3v) is 3.42. The molecule has 0 saturated carbocycles. The summed E-state index contributed by atoms with van der Waals surface area (Å²) in [4.78, 5) is 11.9. The van der Waals surface area contributed by atoms with Gasteiger partial charge >= 0.3 is 6.03 Å². The second-order valence-electron chi connectivity index (χ2n) is 4.16. The third-order valence-electron chi connectivity index (χ3n) is 2.68. The first kappa shape index (κ1) is 15.3. The minimum Gasteiger partial charge on any atom is -0.497 e. The van der Waals surface area contributed by atoms with Gasteiger partial charge in [-0.15, -0.1) is 0 Å². The van der Waals surface area contributed by atoms with E-state index in [2.05, 4.69) is 10.6 Å². The predicted octanol–water partition coefficient (Wildman–Crippen LogP) is 4.23. The lowest BCUT2D eigenvalue weighted by Gasteiger charge is -2.11. The van der Waals surface area contributed by atoms with Crippen LogP contribution in [0.5, 0.6) is 5.75 Å². The van der Waals surface area contributed by atoms with E-state index in [1.54, 1.807) is 43.5 Å². The van der Waals surface area contributed by atoms with Crippen LogP contribution in [0.2, 0.25) is 10.0 Å². The van der Waals surface area contributed by atoms with E-state index in [4.69, 9.17) is 33.7 Å². The molecule has 0 atom stereocenters. The maximum Gasteiger partial charge on any atom is 0.323 e. The number of anilines is 3. The van der Waals surface area contributed by atoms with Crippen molar-refractivity contribution in [1.82, 2.24) is 0 Å². The van der Waals surface area contributed by atoms with Gasteiger partial charge in [0.25, 0.3) is 0 Å². The van der Waals surface area contributed by atoms with E-state index in [-0.39, 0.29) is 0 Å². The van der Waals surface area contributed by atoms with Gasteiger partial charge in [-0.2, -0.15) is 0 Å². The van der Waals surface area contributed by atoms with E-state index in [9.17, 15) is 4.79 Å². The van der Waals surface area contributed by atoms with Gasteiger partial charge in [0.15, 0.2) is 0 Å². The Morgan fingerprint density at radius 2 is 1.86 bits per heavy atom. The second-order valence-corrected chi connectivity index (χ2v) is 4.98. The summed E-state index contributed by atoms with van der Waals surface area (Å²) >= 11 is 11.7. The molecule has 0 heterocycles. The molecule has 7 heteroatoms. The number of nitrogens with one attached hydrogen (secondary N) is 2.